The Morgan fingerprint density at radius 2 is 1.67 bits per heavy atom. The van der Waals surface area contributed by atoms with Crippen LogP contribution in [0.2, 0.25) is 0 Å². The molecule has 8 heteroatoms. The molecule has 0 unspecified atom stereocenters. The molecule has 2 aromatic rings. The maximum atomic E-state index is 13.1. The van der Waals surface area contributed by atoms with Crippen LogP contribution in [-0.2, 0) is 21.2 Å². The third-order valence-electron chi connectivity index (χ3n) is 5.98. The fourth-order valence-corrected chi connectivity index (χ4v) is 5.71. The van der Waals surface area contributed by atoms with E-state index in [4.69, 9.17) is 0 Å². The SMILES string of the molecule is Cc1cc(C)c(S(=O)(=O)N(C)CCC(=O)N(C)CCc2ccc(C3=NCCN3)cc2)c(C)c1. The van der Waals surface area contributed by atoms with Gasteiger partial charge in [-0.2, -0.15) is 0 Å². The number of nitrogens with zero attached hydrogens (tertiary/aromatic N) is 3. The van der Waals surface area contributed by atoms with Crippen LogP contribution in [0.4, 0.5) is 0 Å². The van der Waals surface area contributed by atoms with Crippen LogP contribution in [0, 0.1) is 20.8 Å². The van der Waals surface area contributed by atoms with Gasteiger partial charge in [0.15, 0.2) is 0 Å². The summed E-state index contributed by atoms with van der Waals surface area (Å²) in [6.45, 7) is 7.97. The van der Waals surface area contributed by atoms with Gasteiger partial charge in [-0.25, -0.2) is 12.7 Å². The van der Waals surface area contributed by atoms with E-state index in [1.165, 1.54) is 11.4 Å². The Morgan fingerprint density at radius 1 is 1.03 bits per heavy atom. The number of carbonyl (C=O) groups excluding carboxylic acids is 1. The summed E-state index contributed by atoms with van der Waals surface area (Å²) in [6.07, 6.45) is 0.874. The number of rotatable bonds is 9. The lowest BCUT2D eigenvalue weighted by Crippen LogP contribution is -2.34. The van der Waals surface area contributed by atoms with Gasteiger partial charge < -0.3 is 10.2 Å². The number of aliphatic imine (C=N–C) groups is 1. The quantitative estimate of drug-likeness (QED) is 0.611. The average Bonchev–Trinajstić information content (AvgIpc) is 3.29. The van der Waals surface area contributed by atoms with Gasteiger partial charge in [0.2, 0.25) is 15.9 Å². The number of hydrogen-bond donors (Lipinski definition) is 1. The maximum Gasteiger partial charge on any atom is 0.243 e. The predicted octanol–water partition coefficient (Wildman–Crippen LogP) is 2.67. The molecule has 7 nitrogen and oxygen atoms in total. The highest BCUT2D eigenvalue weighted by molar-refractivity contribution is 7.89. The smallest absolute Gasteiger partial charge is 0.243 e. The molecule has 0 bridgehead atoms. The predicted molar refractivity (Wildman–Crippen MR) is 132 cm³/mol. The van der Waals surface area contributed by atoms with Crippen LogP contribution in [0.15, 0.2) is 46.3 Å². The van der Waals surface area contributed by atoms with Gasteiger partial charge in [0.1, 0.15) is 5.84 Å². The number of likely N-dealkylation sites (N-methyl/N-ethyl adjacent to an activating group) is 1. The van der Waals surface area contributed by atoms with E-state index in [2.05, 4.69) is 22.4 Å². The molecule has 1 N–H and O–H groups in total. The molecule has 1 amide bonds. The van der Waals surface area contributed by atoms with Crippen molar-refractivity contribution in [1.29, 1.82) is 0 Å². The summed E-state index contributed by atoms with van der Waals surface area (Å²) in [5.41, 5.74) is 4.70. The van der Waals surface area contributed by atoms with Crippen molar-refractivity contribution in [1.82, 2.24) is 14.5 Å². The normalized spacial score (nSPS) is 13.7. The van der Waals surface area contributed by atoms with Gasteiger partial charge in [0.25, 0.3) is 0 Å². The molecule has 1 heterocycles. The van der Waals surface area contributed by atoms with Gasteiger partial charge in [-0.05, 0) is 43.9 Å². The van der Waals surface area contributed by atoms with Crippen LogP contribution in [0.1, 0.15) is 34.2 Å². The molecular formula is C25H34N4O3S. The zero-order chi connectivity index (χ0) is 24.2. The van der Waals surface area contributed by atoms with Crippen LogP contribution in [0.25, 0.3) is 0 Å². The van der Waals surface area contributed by atoms with Crippen molar-refractivity contribution in [3.05, 3.63) is 64.2 Å². The van der Waals surface area contributed by atoms with Gasteiger partial charge in [0.05, 0.1) is 11.4 Å². The number of carbonyl (C=O) groups is 1. The minimum absolute atomic E-state index is 0.0736. The summed E-state index contributed by atoms with van der Waals surface area (Å²) in [6, 6.07) is 12.0. The first-order chi connectivity index (χ1) is 15.6. The molecule has 0 aliphatic carbocycles. The Morgan fingerprint density at radius 3 is 2.24 bits per heavy atom. The van der Waals surface area contributed by atoms with Crippen molar-refractivity contribution in [2.45, 2.75) is 38.5 Å². The van der Waals surface area contributed by atoms with Crippen LogP contribution in [0.5, 0.6) is 0 Å². The second-order valence-corrected chi connectivity index (χ2v) is 10.7. The standard InChI is InChI=1S/C25H34N4O3S/c1-18-16-19(2)24(20(3)17-18)33(31,32)29(5)15-11-23(30)28(4)14-10-21-6-8-22(9-7-21)25-26-12-13-27-25/h6-9,16-17H,10-15H2,1-5H3,(H,26,27). The second kappa shape index (κ2) is 10.5. The first-order valence-electron chi connectivity index (χ1n) is 11.3. The highest BCUT2D eigenvalue weighted by Gasteiger charge is 2.25. The van der Waals surface area contributed by atoms with E-state index in [0.717, 1.165) is 53.2 Å². The first kappa shape index (κ1) is 24.9. The summed E-state index contributed by atoms with van der Waals surface area (Å²) in [5.74, 6) is 0.861. The zero-order valence-electron chi connectivity index (χ0n) is 20.2. The highest BCUT2D eigenvalue weighted by atomic mass is 32.2. The van der Waals surface area contributed by atoms with Crippen molar-refractivity contribution < 1.29 is 13.2 Å². The molecule has 0 radical (unpaired) electrons. The summed E-state index contributed by atoms with van der Waals surface area (Å²) in [4.78, 5) is 19.0. The van der Waals surface area contributed by atoms with Crippen molar-refractivity contribution in [3.8, 4) is 0 Å². The monoisotopic (exact) mass is 470 g/mol. The van der Waals surface area contributed by atoms with Crippen molar-refractivity contribution >= 4 is 21.8 Å². The topological polar surface area (TPSA) is 82.1 Å². The fourth-order valence-electron chi connectivity index (χ4n) is 4.14. The molecule has 0 fully saturated rings. The van der Waals surface area contributed by atoms with E-state index in [1.54, 1.807) is 11.9 Å². The van der Waals surface area contributed by atoms with Crippen molar-refractivity contribution in [3.63, 3.8) is 0 Å². The largest absolute Gasteiger partial charge is 0.368 e. The molecule has 0 spiro atoms. The van der Waals surface area contributed by atoms with E-state index in [9.17, 15) is 13.2 Å². The second-order valence-electron chi connectivity index (χ2n) is 8.72. The molecule has 1 aliphatic rings. The van der Waals surface area contributed by atoms with Crippen LogP contribution in [-0.4, -0.2) is 69.6 Å². The van der Waals surface area contributed by atoms with Crippen LogP contribution < -0.4 is 5.32 Å². The summed E-state index contributed by atoms with van der Waals surface area (Å²) in [5, 5.41) is 3.26. The molecule has 0 atom stereocenters. The molecule has 0 saturated heterocycles. The fraction of sp³-hybridized carbons (Fsp3) is 0.440. The lowest BCUT2D eigenvalue weighted by atomic mass is 10.1. The number of amides is 1. The van der Waals surface area contributed by atoms with E-state index >= 15 is 0 Å². The lowest BCUT2D eigenvalue weighted by molar-refractivity contribution is -0.129. The van der Waals surface area contributed by atoms with Gasteiger partial charge in [-0.1, -0.05) is 42.0 Å². The van der Waals surface area contributed by atoms with E-state index in [-0.39, 0.29) is 18.9 Å². The third-order valence-corrected chi connectivity index (χ3v) is 8.14. The van der Waals surface area contributed by atoms with Crippen LogP contribution in [0.3, 0.4) is 0 Å². The third kappa shape index (κ3) is 6.00. The number of benzene rings is 2. The number of hydrogen-bond acceptors (Lipinski definition) is 5. The maximum absolute atomic E-state index is 13.1. The number of amidine groups is 1. The van der Waals surface area contributed by atoms with E-state index in [0.29, 0.717) is 11.4 Å². The molecule has 0 saturated carbocycles. The number of aryl methyl sites for hydroxylation is 3. The molecule has 1 aliphatic heterocycles. The minimum Gasteiger partial charge on any atom is -0.368 e. The Hall–Kier alpha value is -2.71. The lowest BCUT2D eigenvalue weighted by Gasteiger charge is -2.22. The summed E-state index contributed by atoms with van der Waals surface area (Å²) in [7, 11) is -0.362. The minimum atomic E-state index is -3.66. The van der Waals surface area contributed by atoms with Gasteiger partial charge in [-0.3, -0.25) is 9.79 Å². The van der Waals surface area contributed by atoms with Crippen molar-refractivity contribution in [2.24, 2.45) is 4.99 Å². The van der Waals surface area contributed by atoms with E-state index < -0.39 is 10.0 Å². The number of sulfonamides is 1. The molecular weight excluding hydrogens is 436 g/mol. The van der Waals surface area contributed by atoms with Crippen molar-refractivity contribution in [2.75, 3.05) is 40.3 Å². The molecule has 0 aromatic heterocycles. The Kier molecular flexibility index (Phi) is 7.92. The van der Waals surface area contributed by atoms with Gasteiger partial charge in [0, 0.05) is 45.7 Å². The van der Waals surface area contributed by atoms with Gasteiger partial charge >= 0.3 is 0 Å². The first-order valence-corrected chi connectivity index (χ1v) is 12.7. The zero-order valence-corrected chi connectivity index (χ0v) is 21.0. The molecule has 2 aromatic carbocycles. The summed E-state index contributed by atoms with van der Waals surface area (Å²) >= 11 is 0. The Bertz CT molecular complexity index is 1120. The molecule has 3 rings (SSSR count). The molecule has 33 heavy (non-hydrogen) atoms. The average molecular weight is 471 g/mol. The highest BCUT2D eigenvalue weighted by Crippen LogP contribution is 2.24. The Labute approximate surface area is 197 Å². The Balaban J connectivity index is 1.52. The van der Waals surface area contributed by atoms with E-state index in [1.807, 2.05) is 45.0 Å². The summed E-state index contributed by atoms with van der Waals surface area (Å²) < 4.78 is 27.5. The molecule has 178 valence electrons. The van der Waals surface area contributed by atoms with Gasteiger partial charge in [-0.15, -0.1) is 0 Å². The van der Waals surface area contributed by atoms with Crippen LogP contribution >= 0.6 is 0 Å². The number of nitrogens with one attached hydrogen (secondary N) is 1.